The molecule has 0 amide bonds. The van der Waals surface area contributed by atoms with Gasteiger partial charge in [-0.15, -0.1) is 0 Å². The highest BCUT2D eigenvalue weighted by Gasteiger charge is 2.08. The Labute approximate surface area is 157 Å². The Morgan fingerprint density at radius 1 is 1.19 bits per heavy atom. The summed E-state index contributed by atoms with van der Waals surface area (Å²) in [7, 11) is 1.62. The average Bonchev–Trinajstić information content (AvgIpc) is 3.06. The van der Waals surface area contributed by atoms with Crippen LogP contribution in [-0.2, 0) is 0 Å². The van der Waals surface area contributed by atoms with Crippen molar-refractivity contribution in [1.82, 2.24) is 14.9 Å². The second-order valence-corrected chi connectivity index (χ2v) is 5.92. The molecule has 0 radical (unpaired) electrons. The number of nitrogens with zero attached hydrogens (tertiary/aromatic N) is 3. The maximum atomic E-state index is 5.74. The first kappa shape index (κ1) is 17.9. The third kappa shape index (κ3) is 4.00. The number of benzene rings is 2. The van der Waals surface area contributed by atoms with E-state index in [1.807, 2.05) is 48.5 Å². The molecule has 0 aliphatic rings. The largest absolute Gasteiger partial charge is 0.493 e. The van der Waals surface area contributed by atoms with Gasteiger partial charge in [0.2, 0.25) is 4.77 Å². The molecular formula is C19H20N4O2S. The number of nitrogens with one attached hydrogen (secondary N) is 1. The van der Waals surface area contributed by atoms with Gasteiger partial charge in [-0.05, 0) is 42.4 Å². The van der Waals surface area contributed by atoms with E-state index in [0.29, 0.717) is 28.7 Å². The molecule has 0 spiro atoms. The zero-order valence-electron chi connectivity index (χ0n) is 14.7. The minimum absolute atomic E-state index is 0.427. The zero-order chi connectivity index (χ0) is 18.4. The Balaban J connectivity index is 1.91. The van der Waals surface area contributed by atoms with Crippen LogP contribution in [0.5, 0.6) is 11.5 Å². The van der Waals surface area contributed by atoms with Crippen LogP contribution in [-0.4, -0.2) is 34.8 Å². The SMILES string of the molecule is CCCOc1cc(/C=N\n2c(-c3ccccc3)n[nH]c2=S)ccc1OC. The Morgan fingerprint density at radius 3 is 2.73 bits per heavy atom. The molecule has 0 atom stereocenters. The second-order valence-electron chi connectivity index (χ2n) is 5.53. The summed E-state index contributed by atoms with van der Waals surface area (Å²) in [6, 6.07) is 15.4. The summed E-state index contributed by atoms with van der Waals surface area (Å²) in [6.07, 6.45) is 2.64. The Kier molecular flexibility index (Phi) is 5.80. The minimum atomic E-state index is 0.427. The van der Waals surface area contributed by atoms with Crippen LogP contribution in [0.4, 0.5) is 0 Å². The molecule has 0 unspecified atom stereocenters. The number of hydrogen-bond acceptors (Lipinski definition) is 5. The Morgan fingerprint density at radius 2 is 2.00 bits per heavy atom. The summed E-state index contributed by atoms with van der Waals surface area (Å²) in [4.78, 5) is 0. The molecule has 2 aromatic carbocycles. The molecule has 1 heterocycles. The first-order valence-electron chi connectivity index (χ1n) is 8.31. The van der Waals surface area contributed by atoms with Crippen molar-refractivity contribution in [3.05, 3.63) is 58.9 Å². The zero-order valence-corrected chi connectivity index (χ0v) is 15.5. The number of hydrogen-bond donors (Lipinski definition) is 1. The molecule has 0 saturated carbocycles. The number of methoxy groups -OCH3 is 1. The van der Waals surface area contributed by atoms with E-state index in [4.69, 9.17) is 21.7 Å². The Bertz CT molecular complexity index is 948. The van der Waals surface area contributed by atoms with Crippen molar-refractivity contribution >= 4 is 18.4 Å². The number of ether oxygens (including phenoxy) is 2. The van der Waals surface area contributed by atoms with Crippen LogP contribution in [0.3, 0.4) is 0 Å². The summed E-state index contributed by atoms with van der Waals surface area (Å²) >= 11 is 5.30. The van der Waals surface area contributed by atoms with Crippen LogP contribution >= 0.6 is 12.2 Å². The van der Waals surface area contributed by atoms with Crippen LogP contribution in [0.1, 0.15) is 18.9 Å². The van der Waals surface area contributed by atoms with Gasteiger partial charge < -0.3 is 9.47 Å². The fraction of sp³-hybridized carbons (Fsp3) is 0.211. The van der Waals surface area contributed by atoms with Crippen molar-refractivity contribution in [2.24, 2.45) is 5.10 Å². The van der Waals surface area contributed by atoms with E-state index in [1.54, 1.807) is 18.0 Å². The van der Waals surface area contributed by atoms with Gasteiger partial charge in [-0.3, -0.25) is 0 Å². The van der Waals surface area contributed by atoms with E-state index in [1.165, 1.54) is 0 Å². The van der Waals surface area contributed by atoms with Crippen molar-refractivity contribution in [1.29, 1.82) is 0 Å². The molecule has 26 heavy (non-hydrogen) atoms. The smallest absolute Gasteiger partial charge is 0.216 e. The maximum Gasteiger partial charge on any atom is 0.216 e. The lowest BCUT2D eigenvalue weighted by atomic mass is 10.2. The summed E-state index contributed by atoms with van der Waals surface area (Å²) in [6.45, 7) is 2.69. The number of H-pyrrole nitrogens is 1. The van der Waals surface area contributed by atoms with Crippen LogP contribution in [0.15, 0.2) is 53.6 Å². The van der Waals surface area contributed by atoms with Crippen LogP contribution in [0.2, 0.25) is 0 Å². The third-order valence-electron chi connectivity index (χ3n) is 3.65. The van der Waals surface area contributed by atoms with Crippen molar-refractivity contribution < 1.29 is 9.47 Å². The average molecular weight is 368 g/mol. The molecule has 0 bridgehead atoms. The van der Waals surface area contributed by atoms with Gasteiger partial charge in [0.05, 0.1) is 19.9 Å². The molecule has 3 aromatic rings. The highest BCUT2D eigenvalue weighted by atomic mass is 32.1. The molecule has 0 aliphatic heterocycles. The summed E-state index contributed by atoms with van der Waals surface area (Å²) in [5.74, 6) is 2.04. The van der Waals surface area contributed by atoms with E-state index >= 15 is 0 Å². The van der Waals surface area contributed by atoms with Gasteiger partial charge in [0.1, 0.15) is 0 Å². The molecule has 1 aromatic heterocycles. The van der Waals surface area contributed by atoms with Crippen molar-refractivity contribution in [2.45, 2.75) is 13.3 Å². The summed E-state index contributed by atoms with van der Waals surface area (Å²) in [5, 5.41) is 11.5. The molecule has 134 valence electrons. The van der Waals surface area contributed by atoms with E-state index in [9.17, 15) is 0 Å². The lowest BCUT2D eigenvalue weighted by Crippen LogP contribution is -1.99. The minimum Gasteiger partial charge on any atom is -0.493 e. The number of aromatic nitrogens is 3. The first-order chi connectivity index (χ1) is 12.7. The maximum absolute atomic E-state index is 5.74. The van der Waals surface area contributed by atoms with Gasteiger partial charge in [-0.1, -0.05) is 37.3 Å². The molecule has 0 aliphatic carbocycles. The van der Waals surface area contributed by atoms with Crippen molar-refractivity contribution in [3.8, 4) is 22.9 Å². The van der Waals surface area contributed by atoms with Gasteiger partial charge >= 0.3 is 0 Å². The molecule has 6 nitrogen and oxygen atoms in total. The summed E-state index contributed by atoms with van der Waals surface area (Å²) in [5.41, 5.74) is 1.80. The van der Waals surface area contributed by atoms with Crippen molar-refractivity contribution in [2.75, 3.05) is 13.7 Å². The van der Waals surface area contributed by atoms with Gasteiger partial charge in [-0.2, -0.15) is 14.9 Å². The normalized spacial score (nSPS) is 11.0. The monoisotopic (exact) mass is 368 g/mol. The number of rotatable bonds is 7. The third-order valence-corrected chi connectivity index (χ3v) is 3.92. The fourth-order valence-corrected chi connectivity index (χ4v) is 2.57. The first-order valence-corrected chi connectivity index (χ1v) is 8.71. The van der Waals surface area contributed by atoms with Gasteiger partial charge in [0, 0.05) is 5.56 Å². The molecule has 0 fully saturated rings. The predicted octanol–water partition coefficient (Wildman–Crippen LogP) is 4.29. The van der Waals surface area contributed by atoms with Crippen LogP contribution in [0.25, 0.3) is 11.4 Å². The topological polar surface area (TPSA) is 64.4 Å². The lowest BCUT2D eigenvalue weighted by molar-refractivity contribution is 0.294. The van der Waals surface area contributed by atoms with Crippen molar-refractivity contribution in [3.63, 3.8) is 0 Å². The highest BCUT2D eigenvalue weighted by Crippen LogP contribution is 2.27. The molecular weight excluding hydrogens is 348 g/mol. The van der Waals surface area contributed by atoms with Gasteiger partial charge in [0.25, 0.3) is 0 Å². The van der Waals surface area contributed by atoms with Gasteiger partial charge in [-0.25, -0.2) is 5.10 Å². The lowest BCUT2D eigenvalue weighted by Gasteiger charge is -2.10. The highest BCUT2D eigenvalue weighted by molar-refractivity contribution is 7.71. The van der Waals surface area contributed by atoms with Gasteiger partial charge in [0.15, 0.2) is 17.3 Å². The Hall–Kier alpha value is -2.93. The summed E-state index contributed by atoms with van der Waals surface area (Å²) < 4.78 is 13.1. The van der Waals surface area contributed by atoms with E-state index in [-0.39, 0.29) is 0 Å². The number of aromatic amines is 1. The molecule has 0 saturated heterocycles. The van der Waals surface area contributed by atoms with E-state index < -0.39 is 0 Å². The van der Waals surface area contributed by atoms with Crippen LogP contribution in [0, 0.1) is 4.77 Å². The predicted molar refractivity (Wildman–Crippen MR) is 105 cm³/mol. The molecule has 3 rings (SSSR count). The fourth-order valence-electron chi connectivity index (χ4n) is 2.40. The van der Waals surface area contributed by atoms with E-state index in [2.05, 4.69) is 22.2 Å². The quantitative estimate of drug-likeness (QED) is 0.499. The standard InChI is InChI=1S/C19H20N4O2S/c1-3-11-25-17-12-14(9-10-16(17)24-2)13-20-23-18(21-22-19(23)26)15-7-5-4-6-8-15/h4-10,12-13H,3,11H2,1-2H3,(H,22,26)/b20-13-. The van der Waals surface area contributed by atoms with E-state index in [0.717, 1.165) is 17.5 Å². The second kappa shape index (κ2) is 8.44. The molecule has 7 heteroatoms. The molecule has 1 N–H and O–H groups in total. The van der Waals surface area contributed by atoms with Crippen LogP contribution < -0.4 is 9.47 Å².